The minimum Gasteiger partial charge on any atom is -0.355 e. The third-order valence-corrected chi connectivity index (χ3v) is 4.16. The van der Waals surface area contributed by atoms with E-state index in [9.17, 15) is 9.59 Å². The highest BCUT2D eigenvalue weighted by Gasteiger charge is 2.27. The van der Waals surface area contributed by atoms with Gasteiger partial charge in [0.2, 0.25) is 11.8 Å². The zero-order chi connectivity index (χ0) is 15.8. The van der Waals surface area contributed by atoms with Crippen LogP contribution in [-0.2, 0) is 9.59 Å². The lowest BCUT2D eigenvalue weighted by Gasteiger charge is -2.37. The Balaban J connectivity index is 2.41. The van der Waals surface area contributed by atoms with Crippen molar-refractivity contribution in [1.82, 2.24) is 15.1 Å². The molecule has 0 aromatic heterocycles. The number of carbonyl (C=O) groups is 2. The lowest BCUT2D eigenvalue weighted by Crippen LogP contribution is -2.49. The fourth-order valence-corrected chi connectivity index (χ4v) is 2.59. The van der Waals surface area contributed by atoms with Crippen molar-refractivity contribution in [2.75, 3.05) is 39.8 Å². The summed E-state index contributed by atoms with van der Waals surface area (Å²) in [4.78, 5) is 27.6. The van der Waals surface area contributed by atoms with Gasteiger partial charge in [-0.15, -0.1) is 0 Å². The molecular weight excluding hydrogens is 268 g/mol. The van der Waals surface area contributed by atoms with Crippen molar-refractivity contribution in [2.24, 2.45) is 11.7 Å². The summed E-state index contributed by atoms with van der Waals surface area (Å²) in [6.07, 6.45) is 3.11. The van der Waals surface area contributed by atoms with Crippen molar-refractivity contribution in [1.29, 1.82) is 0 Å². The van der Waals surface area contributed by atoms with Gasteiger partial charge >= 0.3 is 0 Å². The maximum Gasteiger partial charge on any atom is 0.239 e. The van der Waals surface area contributed by atoms with Crippen LogP contribution in [0.1, 0.15) is 33.1 Å². The summed E-state index contributed by atoms with van der Waals surface area (Å²) < 4.78 is 0. The molecule has 2 amide bonds. The van der Waals surface area contributed by atoms with E-state index in [2.05, 4.69) is 17.1 Å². The largest absolute Gasteiger partial charge is 0.355 e. The van der Waals surface area contributed by atoms with E-state index >= 15 is 0 Å². The normalized spacial score (nSPS) is 22.9. The number of hydrogen-bond acceptors (Lipinski definition) is 4. The highest BCUT2D eigenvalue weighted by atomic mass is 16.2. The van der Waals surface area contributed by atoms with Gasteiger partial charge in [-0.25, -0.2) is 0 Å². The number of likely N-dealkylation sites (N-methyl/N-ethyl adjacent to an activating group) is 1. The van der Waals surface area contributed by atoms with E-state index in [4.69, 9.17) is 5.73 Å². The molecule has 3 N–H and O–H groups in total. The number of nitrogens with one attached hydrogen (secondary N) is 1. The maximum atomic E-state index is 12.2. The number of rotatable bonds is 7. The van der Waals surface area contributed by atoms with Crippen molar-refractivity contribution < 1.29 is 9.59 Å². The molecule has 2 unspecified atom stereocenters. The highest BCUT2D eigenvalue weighted by Crippen LogP contribution is 2.20. The molecule has 0 radical (unpaired) electrons. The van der Waals surface area contributed by atoms with Gasteiger partial charge in [-0.1, -0.05) is 6.92 Å². The van der Waals surface area contributed by atoms with Gasteiger partial charge in [-0.05, 0) is 38.6 Å². The van der Waals surface area contributed by atoms with E-state index in [1.807, 2.05) is 6.92 Å². The maximum absolute atomic E-state index is 12.2. The lowest BCUT2D eigenvalue weighted by atomic mass is 9.93. The van der Waals surface area contributed by atoms with E-state index in [1.54, 1.807) is 7.05 Å². The van der Waals surface area contributed by atoms with E-state index in [1.165, 1.54) is 4.90 Å². The molecular formula is C15H30N4O2. The molecule has 0 spiro atoms. The van der Waals surface area contributed by atoms with Crippen LogP contribution in [0, 0.1) is 5.92 Å². The van der Waals surface area contributed by atoms with E-state index in [0.29, 0.717) is 31.6 Å². The number of amides is 2. The Hall–Kier alpha value is -1.14. The molecule has 0 saturated carbocycles. The Labute approximate surface area is 128 Å². The van der Waals surface area contributed by atoms with Crippen LogP contribution in [0.15, 0.2) is 0 Å². The Morgan fingerprint density at radius 1 is 1.38 bits per heavy atom. The standard InChI is InChI=1S/C15H30N4O2/c1-4-7-17-14(20)10-18(3)15(21)11-19-9-13(8-16)6-5-12(19)2/h12-13H,4-11,16H2,1-3H3,(H,17,20). The number of hydrogen-bond donors (Lipinski definition) is 2. The number of carbonyl (C=O) groups excluding carboxylic acids is 2. The predicted molar refractivity (Wildman–Crippen MR) is 83.8 cm³/mol. The zero-order valence-electron chi connectivity index (χ0n) is 13.6. The summed E-state index contributed by atoms with van der Waals surface area (Å²) in [5, 5.41) is 2.78. The molecule has 1 aliphatic heterocycles. The number of likely N-dealkylation sites (tertiary alicyclic amines) is 1. The summed E-state index contributed by atoms with van der Waals surface area (Å²) in [6, 6.07) is 0.402. The summed E-state index contributed by atoms with van der Waals surface area (Å²) >= 11 is 0. The first kappa shape index (κ1) is 17.9. The van der Waals surface area contributed by atoms with Crippen LogP contribution in [0.3, 0.4) is 0 Å². The smallest absolute Gasteiger partial charge is 0.239 e. The van der Waals surface area contributed by atoms with Gasteiger partial charge in [0.1, 0.15) is 0 Å². The predicted octanol–water partition coefficient (Wildman–Crippen LogP) is 0.0302. The molecule has 6 nitrogen and oxygen atoms in total. The van der Waals surface area contributed by atoms with Gasteiger partial charge in [0.15, 0.2) is 0 Å². The Bertz CT molecular complexity index is 349. The fraction of sp³-hybridized carbons (Fsp3) is 0.867. The first-order valence-corrected chi connectivity index (χ1v) is 7.92. The van der Waals surface area contributed by atoms with Crippen LogP contribution in [0.4, 0.5) is 0 Å². The fourth-order valence-electron chi connectivity index (χ4n) is 2.59. The molecule has 0 aliphatic carbocycles. The molecule has 1 rings (SSSR count). The molecule has 1 heterocycles. The van der Waals surface area contributed by atoms with Gasteiger partial charge in [-0.3, -0.25) is 14.5 Å². The second-order valence-corrected chi connectivity index (χ2v) is 6.06. The second kappa shape index (κ2) is 9.00. The van der Waals surface area contributed by atoms with Crippen molar-refractivity contribution >= 4 is 11.8 Å². The van der Waals surface area contributed by atoms with Crippen LogP contribution in [0.25, 0.3) is 0 Å². The molecule has 0 aromatic carbocycles. The molecule has 6 heteroatoms. The van der Waals surface area contributed by atoms with Crippen LogP contribution in [0.5, 0.6) is 0 Å². The lowest BCUT2D eigenvalue weighted by molar-refractivity contribution is -0.136. The Kier molecular flexibility index (Phi) is 7.67. The van der Waals surface area contributed by atoms with Crippen LogP contribution in [0.2, 0.25) is 0 Å². The zero-order valence-corrected chi connectivity index (χ0v) is 13.6. The molecule has 21 heavy (non-hydrogen) atoms. The molecule has 1 saturated heterocycles. The Morgan fingerprint density at radius 2 is 2.10 bits per heavy atom. The molecule has 0 bridgehead atoms. The molecule has 1 aliphatic rings. The van der Waals surface area contributed by atoms with Crippen molar-refractivity contribution in [3.8, 4) is 0 Å². The minimum absolute atomic E-state index is 0.00818. The highest BCUT2D eigenvalue weighted by molar-refractivity contribution is 5.85. The SMILES string of the molecule is CCCNC(=O)CN(C)C(=O)CN1CC(CN)CCC1C. The van der Waals surface area contributed by atoms with Crippen LogP contribution < -0.4 is 11.1 Å². The van der Waals surface area contributed by atoms with Crippen molar-refractivity contribution in [3.63, 3.8) is 0 Å². The summed E-state index contributed by atoms with van der Waals surface area (Å²) in [6.45, 7) is 6.85. The monoisotopic (exact) mass is 298 g/mol. The molecule has 0 aromatic rings. The quantitative estimate of drug-likeness (QED) is 0.695. The molecule has 122 valence electrons. The van der Waals surface area contributed by atoms with Gasteiger partial charge in [0, 0.05) is 26.2 Å². The second-order valence-electron chi connectivity index (χ2n) is 6.06. The first-order chi connectivity index (χ1) is 9.97. The van der Waals surface area contributed by atoms with Crippen molar-refractivity contribution in [3.05, 3.63) is 0 Å². The van der Waals surface area contributed by atoms with Crippen molar-refractivity contribution in [2.45, 2.75) is 39.2 Å². The van der Waals surface area contributed by atoms with Gasteiger partial charge in [0.25, 0.3) is 0 Å². The van der Waals surface area contributed by atoms with Gasteiger partial charge in [-0.2, -0.15) is 0 Å². The average Bonchev–Trinajstić information content (AvgIpc) is 2.47. The van der Waals surface area contributed by atoms with Gasteiger partial charge in [0.05, 0.1) is 13.1 Å². The number of nitrogens with zero attached hydrogens (tertiary/aromatic N) is 2. The van der Waals surface area contributed by atoms with Gasteiger partial charge < -0.3 is 16.0 Å². The van der Waals surface area contributed by atoms with E-state index in [-0.39, 0.29) is 18.4 Å². The van der Waals surface area contributed by atoms with Crippen LogP contribution in [-0.4, -0.2) is 67.4 Å². The number of piperidine rings is 1. The minimum atomic E-state index is -0.0979. The summed E-state index contributed by atoms with van der Waals surface area (Å²) in [7, 11) is 1.68. The van der Waals surface area contributed by atoms with E-state index in [0.717, 1.165) is 25.8 Å². The third-order valence-electron chi connectivity index (χ3n) is 4.16. The summed E-state index contributed by atoms with van der Waals surface area (Å²) in [5.74, 6) is 0.373. The Morgan fingerprint density at radius 3 is 2.71 bits per heavy atom. The average molecular weight is 298 g/mol. The molecule has 1 fully saturated rings. The van der Waals surface area contributed by atoms with E-state index < -0.39 is 0 Å². The van der Waals surface area contributed by atoms with Crippen LogP contribution >= 0.6 is 0 Å². The third kappa shape index (κ3) is 6.01. The number of nitrogens with two attached hydrogens (primary N) is 1. The first-order valence-electron chi connectivity index (χ1n) is 7.92. The topological polar surface area (TPSA) is 78.7 Å². The molecule has 2 atom stereocenters. The summed E-state index contributed by atoms with van der Waals surface area (Å²) in [5.41, 5.74) is 5.74.